The van der Waals surface area contributed by atoms with Crippen LogP contribution in [0.3, 0.4) is 0 Å². The van der Waals surface area contributed by atoms with Gasteiger partial charge in [-0.1, -0.05) is 0 Å². The van der Waals surface area contributed by atoms with Crippen LogP contribution in [0.1, 0.15) is 33.3 Å². The average Bonchev–Trinajstić information content (AvgIpc) is 3.14. The maximum absolute atomic E-state index is 13.1. The number of carbonyl (C=O) groups excluding carboxylic acids is 2. The smallest absolute Gasteiger partial charge is 0.214 e. The maximum Gasteiger partial charge on any atom is 0.214 e. The van der Waals surface area contributed by atoms with E-state index in [-0.39, 0.29) is 17.3 Å². The number of aromatic nitrogens is 2. The first kappa shape index (κ1) is 19.2. The largest absolute Gasteiger partial charge is 0.496 e. The van der Waals surface area contributed by atoms with Crippen molar-refractivity contribution in [1.29, 1.82) is 0 Å². The minimum atomic E-state index is -0.356. The lowest BCUT2D eigenvalue weighted by Crippen LogP contribution is -2.05. The van der Waals surface area contributed by atoms with Gasteiger partial charge in [0.2, 0.25) is 11.5 Å². The summed E-state index contributed by atoms with van der Waals surface area (Å²) in [6.45, 7) is 1.43. The van der Waals surface area contributed by atoms with Crippen LogP contribution in [-0.4, -0.2) is 50.2 Å². The molecule has 0 bridgehead atoms. The lowest BCUT2D eigenvalue weighted by atomic mass is 10.0. The van der Waals surface area contributed by atoms with Crippen LogP contribution in [0.2, 0.25) is 0 Å². The SMILES string of the molecule is COc1cc(C(=O)c2n[nH]c3c(C(C)=O)c(OC)ccc23)cc(OC)c1OC. The third kappa shape index (κ3) is 3.02. The number of ether oxygens (including phenoxy) is 4. The highest BCUT2D eigenvalue weighted by Crippen LogP contribution is 2.39. The second-order valence-electron chi connectivity index (χ2n) is 5.94. The molecule has 8 nitrogen and oxygen atoms in total. The minimum Gasteiger partial charge on any atom is -0.496 e. The zero-order valence-corrected chi connectivity index (χ0v) is 16.2. The fraction of sp³-hybridized carbons (Fsp3) is 0.250. The van der Waals surface area contributed by atoms with Gasteiger partial charge >= 0.3 is 0 Å². The third-order valence-corrected chi connectivity index (χ3v) is 4.42. The Morgan fingerprint density at radius 2 is 1.50 bits per heavy atom. The first-order valence-electron chi connectivity index (χ1n) is 8.37. The van der Waals surface area contributed by atoms with Crippen molar-refractivity contribution in [3.05, 3.63) is 41.1 Å². The van der Waals surface area contributed by atoms with Crippen molar-refractivity contribution in [3.8, 4) is 23.0 Å². The van der Waals surface area contributed by atoms with Crippen molar-refractivity contribution in [1.82, 2.24) is 10.2 Å². The lowest BCUT2D eigenvalue weighted by Gasteiger charge is -2.13. The summed E-state index contributed by atoms with van der Waals surface area (Å²) in [5.74, 6) is 0.961. The summed E-state index contributed by atoms with van der Waals surface area (Å²) in [5.41, 5.74) is 1.27. The van der Waals surface area contributed by atoms with E-state index in [1.54, 1.807) is 24.3 Å². The number of nitrogens with zero attached hydrogens (tertiary/aromatic N) is 1. The van der Waals surface area contributed by atoms with Gasteiger partial charge in [0.05, 0.1) is 39.5 Å². The molecule has 3 aromatic rings. The summed E-state index contributed by atoms with van der Waals surface area (Å²) >= 11 is 0. The molecule has 28 heavy (non-hydrogen) atoms. The van der Waals surface area contributed by atoms with E-state index in [0.717, 1.165) is 0 Å². The number of nitrogens with one attached hydrogen (secondary N) is 1. The van der Waals surface area contributed by atoms with Gasteiger partial charge in [-0.25, -0.2) is 0 Å². The lowest BCUT2D eigenvalue weighted by molar-refractivity contribution is 0.101. The van der Waals surface area contributed by atoms with Crippen molar-refractivity contribution in [2.24, 2.45) is 0 Å². The van der Waals surface area contributed by atoms with E-state index >= 15 is 0 Å². The predicted octanol–water partition coefficient (Wildman–Crippen LogP) is 3.03. The molecule has 1 heterocycles. The van der Waals surface area contributed by atoms with E-state index in [4.69, 9.17) is 18.9 Å². The Kier molecular flexibility index (Phi) is 5.21. The van der Waals surface area contributed by atoms with Gasteiger partial charge in [0.15, 0.2) is 17.3 Å². The number of rotatable bonds is 7. The molecule has 0 fully saturated rings. The minimum absolute atomic E-state index is 0.175. The predicted molar refractivity (Wildman–Crippen MR) is 102 cm³/mol. The Labute approximate surface area is 161 Å². The van der Waals surface area contributed by atoms with Crippen molar-refractivity contribution < 1.29 is 28.5 Å². The Morgan fingerprint density at radius 1 is 0.893 bits per heavy atom. The molecule has 1 aromatic heterocycles. The highest BCUT2D eigenvalue weighted by atomic mass is 16.5. The van der Waals surface area contributed by atoms with Crippen molar-refractivity contribution in [3.63, 3.8) is 0 Å². The highest BCUT2D eigenvalue weighted by Gasteiger charge is 2.24. The van der Waals surface area contributed by atoms with Gasteiger partial charge < -0.3 is 18.9 Å². The molecular formula is C20H20N2O6. The molecule has 0 saturated carbocycles. The molecular weight excluding hydrogens is 364 g/mol. The molecule has 1 N–H and O–H groups in total. The van der Waals surface area contributed by atoms with Gasteiger partial charge in [0, 0.05) is 10.9 Å². The number of hydrogen-bond donors (Lipinski definition) is 1. The number of Topliss-reactive ketones (excluding diaryl/α,β-unsaturated/α-hetero) is 1. The average molecular weight is 384 g/mol. The van der Waals surface area contributed by atoms with Crippen molar-refractivity contribution >= 4 is 22.5 Å². The first-order valence-corrected chi connectivity index (χ1v) is 8.37. The first-order chi connectivity index (χ1) is 13.5. The summed E-state index contributed by atoms with van der Waals surface area (Å²) in [6.07, 6.45) is 0. The molecule has 3 rings (SSSR count). The van der Waals surface area contributed by atoms with Crippen LogP contribution < -0.4 is 18.9 Å². The van der Waals surface area contributed by atoms with Crippen LogP contribution in [0.4, 0.5) is 0 Å². The Morgan fingerprint density at radius 3 is 2.00 bits per heavy atom. The molecule has 0 aliphatic carbocycles. The van der Waals surface area contributed by atoms with E-state index in [9.17, 15) is 9.59 Å². The van der Waals surface area contributed by atoms with E-state index in [1.807, 2.05) is 0 Å². The van der Waals surface area contributed by atoms with Crippen LogP contribution in [0.5, 0.6) is 23.0 Å². The number of benzene rings is 2. The molecule has 0 unspecified atom stereocenters. The van der Waals surface area contributed by atoms with E-state index in [1.165, 1.54) is 35.4 Å². The van der Waals surface area contributed by atoms with Gasteiger partial charge in [0.1, 0.15) is 11.4 Å². The number of hydrogen-bond acceptors (Lipinski definition) is 7. The van der Waals surface area contributed by atoms with Crippen LogP contribution >= 0.6 is 0 Å². The number of H-pyrrole nitrogens is 1. The zero-order chi connectivity index (χ0) is 20.4. The molecule has 146 valence electrons. The van der Waals surface area contributed by atoms with Gasteiger partial charge in [-0.3, -0.25) is 14.7 Å². The third-order valence-electron chi connectivity index (χ3n) is 4.42. The van der Waals surface area contributed by atoms with Crippen LogP contribution in [0.15, 0.2) is 24.3 Å². The molecule has 0 saturated heterocycles. The molecule has 0 amide bonds. The summed E-state index contributed by atoms with van der Waals surface area (Å²) in [5, 5.41) is 7.45. The van der Waals surface area contributed by atoms with Gasteiger partial charge in [-0.2, -0.15) is 5.10 Å². The summed E-state index contributed by atoms with van der Waals surface area (Å²) in [4.78, 5) is 25.2. The van der Waals surface area contributed by atoms with Crippen molar-refractivity contribution in [2.45, 2.75) is 6.92 Å². The molecule has 0 radical (unpaired) electrons. The monoisotopic (exact) mass is 384 g/mol. The number of ketones is 2. The number of aromatic amines is 1. The summed E-state index contributed by atoms with van der Waals surface area (Å²) in [7, 11) is 5.91. The molecule has 0 aliphatic heterocycles. The van der Waals surface area contributed by atoms with Crippen molar-refractivity contribution in [2.75, 3.05) is 28.4 Å². The van der Waals surface area contributed by atoms with E-state index in [0.29, 0.717) is 45.0 Å². The van der Waals surface area contributed by atoms with E-state index in [2.05, 4.69) is 10.2 Å². The number of carbonyl (C=O) groups is 2. The second-order valence-corrected chi connectivity index (χ2v) is 5.94. The summed E-state index contributed by atoms with van der Waals surface area (Å²) < 4.78 is 21.2. The number of fused-ring (bicyclic) bond motifs is 1. The van der Waals surface area contributed by atoms with Crippen LogP contribution in [0, 0.1) is 0 Å². The highest BCUT2D eigenvalue weighted by molar-refractivity contribution is 6.18. The normalized spacial score (nSPS) is 10.6. The zero-order valence-electron chi connectivity index (χ0n) is 16.2. The van der Waals surface area contributed by atoms with Crippen LogP contribution in [-0.2, 0) is 0 Å². The second kappa shape index (κ2) is 7.59. The van der Waals surface area contributed by atoms with Crippen LogP contribution in [0.25, 0.3) is 10.9 Å². The fourth-order valence-electron chi connectivity index (χ4n) is 3.11. The molecule has 0 atom stereocenters. The van der Waals surface area contributed by atoms with Gasteiger partial charge in [0.25, 0.3) is 0 Å². The molecule has 0 aliphatic rings. The number of methoxy groups -OCH3 is 4. The maximum atomic E-state index is 13.1. The summed E-state index contributed by atoms with van der Waals surface area (Å²) in [6, 6.07) is 6.44. The Hall–Kier alpha value is -3.55. The standard InChI is InChI=1S/C20H20N2O6/c1-10(23)16-13(25-2)7-6-12-17(16)21-22-18(12)19(24)11-8-14(26-3)20(28-5)15(9-11)27-4/h6-9H,1-5H3,(H,21,22). The molecule has 8 heteroatoms. The Bertz CT molecular complexity index is 1040. The van der Waals surface area contributed by atoms with Gasteiger partial charge in [-0.15, -0.1) is 0 Å². The molecule has 0 spiro atoms. The Balaban J connectivity index is 2.17. The van der Waals surface area contributed by atoms with Gasteiger partial charge in [-0.05, 0) is 31.2 Å². The van der Waals surface area contributed by atoms with E-state index < -0.39 is 0 Å². The fourth-order valence-corrected chi connectivity index (χ4v) is 3.11. The quantitative estimate of drug-likeness (QED) is 0.625. The molecule has 2 aromatic carbocycles. The topological polar surface area (TPSA) is 99.7 Å².